The maximum absolute atomic E-state index is 12.4. The van der Waals surface area contributed by atoms with Crippen molar-refractivity contribution in [3.8, 4) is 0 Å². The molecule has 0 radical (unpaired) electrons. The minimum atomic E-state index is -0.260. The van der Waals surface area contributed by atoms with Crippen LogP contribution in [0.4, 0.5) is 5.82 Å². The van der Waals surface area contributed by atoms with Crippen LogP contribution in [0.15, 0.2) is 10.6 Å². The van der Waals surface area contributed by atoms with Crippen molar-refractivity contribution in [2.45, 2.75) is 19.9 Å². The van der Waals surface area contributed by atoms with Crippen molar-refractivity contribution in [3.05, 3.63) is 11.8 Å². The largest absolute Gasteiger partial charge is 0.378 e. The predicted molar refractivity (Wildman–Crippen MR) is 94.7 cm³/mol. The molecule has 1 aromatic heterocycles. The molecule has 2 amide bonds. The third-order valence-electron chi connectivity index (χ3n) is 4.94. The van der Waals surface area contributed by atoms with Gasteiger partial charge >= 0.3 is 0 Å². The fourth-order valence-electron chi connectivity index (χ4n) is 3.23. The molecule has 2 fully saturated rings. The number of anilines is 1. The molecule has 26 heavy (non-hydrogen) atoms. The van der Waals surface area contributed by atoms with E-state index in [-0.39, 0.29) is 17.9 Å². The normalized spacial score (nSPS) is 20.8. The van der Waals surface area contributed by atoms with E-state index in [4.69, 9.17) is 9.26 Å². The van der Waals surface area contributed by atoms with Gasteiger partial charge in [0.05, 0.1) is 25.8 Å². The Morgan fingerprint density at radius 3 is 2.50 bits per heavy atom. The van der Waals surface area contributed by atoms with Gasteiger partial charge in [-0.25, -0.2) is 0 Å². The number of ether oxygens (including phenoxy) is 1. The summed E-state index contributed by atoms with van der Waals surface area (Å²) < 4.78 is 10.2. The summed E-state index contributed by atoms with van der Waals surface area (Å²) in [5.74, 6) is 1.16. The SMILES string of the molecule is Cc1cc(NC(=O)[C@H](C)N2CCN(CC(=O)N3CCOCC3)CC2)no1. The topological polar surface area (TPSA) is 91.2 Å². The Morgan fingerprint density at radius 1 is 1.19 bits per heavy atom. The van der Waals surface area contributed by atoms with Gasteiger partial charge in [-0.15, -0.1) is 0 Å². The van der Waals surface area contributed by atoms with Gasteiger partial charge in [0.2, 0.25) is 11.8 Å². The molecule has 144 valence electrons. The Balaban J connectivity index is 1.42. The quantitative estimate of drug-likeness (QED) is 0.772. The molecule has 0 unspecified atom stereocenters. The predicted octanol–water partition coefficient (Wildman–Crippen LogP) is -0.214. The smallest absolute Gasteiger partial charge is 0.242 e. The second-order valence-corrected chi connectivity index (χ2v) is 6.79. The van der Waals surface area contributed by atoms with Crippen LogP contribution in [-0.2, 0) is 14.3 Å². The fraction of sp³-hybridized carbons (Fsp3) is 0.706. The highest BCUT2D eigenvalue weighted by Crippen LogP contribution is 2.11. The number of nitrogens with zero attached hydrogens (tertiary/aromatic N) is 4. The number of carbonyl (C=O) groups excluding carboxylic acids is 2. The zero-order valence-electron chi connectivity index (χ0n) is 15.4. The van der Waals surface area contributed by atoms with Gasteiger partial charge in [0, 0.05) is 45.3 Å². The molecule has 1 aromatic rings. The number of aromatic nitrogens is 1. The minimum Gasteiger partial charge on any atom is -0.378 e. The van der Waals surface area contributed by atoms with Gasteiger partial charge in [-0.05, 0) is 13.8 Å². The first kappa shape index (κ1) is 18.8. The number of aryl methyl sites for hydroxylation is 1. The number of piperazine rings is 1. The molecule has 0 aliphatic carbocycles. The van der Waals surface area contributed by atoms with E-state index in [1.54, 1.807) is 13.0 Å². The molecular formula is C17H27N5O4. The number of carbonyl (C=O) groups is 2. The van der Waals surface area contributed by atoms with Crippen molar-refractivity contribution in [1.29, 1.82) is 0 Å². The van der Waals surface area contributed by atoms with Crippen molar-refractivity contribution in [3.63, 3.8) is 0 Å². The van der Waals surface area contributed by atoms with Crippen LogP contribution in [0.1, 0.15) is 12.7 Å². The van der Waals surface area contributed by atoms with E-state index in [1.165, 1.54) is 0 Å². The average molecular weight is 365 g/mol. The first-order chi connectivity index (χ1) is 12.5. The summed E-state index contributed by atoms with van der Waals surface area (Å²) in [5.41, 5.74) is 0. The number of rotatable bonds is 5. The van der Waals surface area contributed by atoms with Crippen LogP contribution in [0.25, 0.3) is 0 Å². The molecule has 0 aromatic carbocycles. The first-order valence-corrected chi connectivity index (χ1v) is 9.09. The zero-order chi connectivity index (χ0) is 18.5. The molecule has 9 nitrogen and oxygen atoms in total. The number of morpholine rings is 1. The summed E-state index contributed by atoms with van der Waals surface area (Å²) >= 11 is 0. The molecule has 3 heterocycles. The molecule has 0 saturated carbocycles. The van der Waals surface area contributed by atoms with E-state index >= 15 is 0 Å². The van der Waals surface area contributed by atoms with Crippen molar-refractivity contribution in [1.82, 2.24) is 19.9 Å². The zero-order valence-corrected chi connectivity index (χ0v) is 15.4. The lowest BCUT2D eigenvalue weighted by molar-refractivity contribution is -0.137. The van der Waals surface area contributed by atoms with Gasteiger partial charge < -0.3 is 19.5 Å². The second-order valence-electron chi connectivity index (χ2n) is 6.79. The van der Waals surface area contributed by atoms with E-state index < -0.39 is 0 Å². The summed E-state index contributed by atoms with van der Waals surface area (Å²) in [7, 11) is 0. The summed E-state index contributed by atoms with van der Waals surface area (Å²) in [5, 5.41) is 6.56. The molecular weight excluding hydrogens is 338 g/mol. The number of nitrogens with one attached hydrogen (secondary N) is 1. The van der Waals surface area contributed by atoms with Crippen molar-refractivity contribution in [2.75, 3.05) is 64.3 Å². The maximum Gasteiger partial charge on any atom is 0.242 e. The van der Waals surface area contributed by atoms with Gasteiger partial charge in [-0.2, -0.15) is 0 Å². The van der Waals surface area contributed by atoms with Gasteiger partial charge in [0.15, 0.2) is 5.82 Å². The molecule has 9 heteroatoms. The highest BCUT2D eigenvalue weighted by atomic mass is 16.5. The monoisotopic (exact) mass is 365 g/mol. The summed E-state index contributed by atoms with van der Waals surface area (Å²) in [4.78, 5) is 30.8. The number of amides is 2. The fourth-order valence-corrected chi connectivity index (χ4v) is 3.23. The van der Waals surface area contributed by atoms with Crippen molar-refractivity contribution < 1.29 is 18.8 Å². The highest BCUT2D eigenvalue weighted by Gasteiger charge is 2.28. The third-order valence-corrected chi connectivity index (χ3v) is 4.94. The highest BCUT2D eigenvalue weighted by molar-refractivity contribution is 5.93. The van der Waals surface area contributed by atoms with E-state index in [0.717, 1.165) is 26.2 Å². The van der Waals surface area contributed by atoms with Crippen LogP contribution >= 0.6 is 0 Å². The Kier molecular flexibility index (Phi) is 6.23. The maximum atomic E-state index is 12.4. The van der Waals surface area contributed by atoms with Crippen molar-refractivity contribution >= 4 is 17.6 Å². The number of hydrogen-bond donors (Lipinski definition) is 1. The molecule has 2 aliphatic rings. The molecule has 1 atom stereocenters. The molecule has 3 rings (SSSR count). The van der Waals surface area contributed by atoms with Crippen LogP contribution in [0.2, 0.25) is 0 Å². The average Bonchev–Trinajstić information content (AvgIpc) is 3.07. The first-order valence-electron chi connectivity index (χ1n) is 9.09. The Morgan fingerprint density at radius 2 is 1.88 bits per heavy atom. The van der Waals surface area contributed by atoms with Crippen LogP contribution < -0.4 is 5.32 Å². The molecule has 0 spiro atoms. The lowest BCUT2D eigenvalue weighted by atomic mass is 10.2. The van der Waals surface area contributed by atoms with Crippen LogP contribution in [0.5, 0.6) is 0 Å². The summed E-state index contributed by atoms with van der Waals surface area (Å²) in [6, 6.07) is 1.43. The lowest BCUT2D eigenvalue weighted by Gasteiger charge is -2.38. The Labute approximate surface area is 153 Å². The lowest BCUT2D eigenvalue weighted by Crippen LogP contribution is -2.55. The van der Waals surface area contributed by atoms with Crippen LogP contribution in [-0.4, -0.2) is 96.7 Å². The van der Waals surface area contributed by atoms with Gasteiger partial charge in [0.25, 0.3) is 0 Å². The Bertz CT molecular complexity index is 620. The van der Waals surface area contributed by atoms with Crippen LogP contribution in [0, 0.1) is 6.92 Å². The van der Waals surface area contributed by atoms with Gasteiger partial charge in [0.1, 0.15) is 5.76 Å². The standard InChI is InChI=1S/C17H27N5O4/c1-13-11-15(19-26-13)18-17(24)14(2)21-5-3-20(4-6-21)12-16(23)22-7-9-25-10-8-22/h11,14H,3-10,12H2,1-2H3,(H,18,19,24)/t14-/m0/s1. The van der Waals surface area contributed by atoms with E-state index in [2.05, 4.69) is 20.3 Å². The van der Waals surface area contributed by atoms with Crippen LogP contribution in [0.3, 0.4) is 0 Å². The van der Waals surface area contributed by atoms with Crippen molar-refractivity contribution in [2.24, 2.45) is 0 Å². The minimum absolute atomic E-state index is 0.101. The van der Waals surface area contributed by atoms with E-state index in [0.29, 0.717) is 44.4 Å². The molecule has 2 saturated heterocycles. The second kappa shape index (κ2) is 8.61. The van der Waals surface area contributed by atoms with E-state index in [9.17, 15) is 9.59 Å². The summed E-state index contributed by atoms with van der Waals surface area (Å²) in [6.07, 6.45) is 0. The third kappa shape index (κ3) is 4.80. The van der Waals surface area contributed by atoms with E-state index in [1.807, 2.05) is 11.8 Å². The van der Waals surface area contributed by atoms with Gasteiger partial charge in [-0.1, -0.05) is 5.16 Å². The Hall–Kier alpha value is -1.97. The molecule has 0 bridgehead atoms. The number of hydrogen-bond acceptors (Lipinski definition) is 7. The molecule has 1 N–H and O–H groups in total. The molecule has 2 aliphatic heterocycles. The van der Waals surface area contributed by atoms with Gasteiger partial charge in [-0.3, -0.25) is 19.4 Å². The summed E-state index contributed by atoms with van der Waals surface area (Å²) in [6.45, 7) is 9.76.